The van der Waals surface area contributed by atoms with Crippen LogP contribution in [-0.4, -0.2) is 22.9 Å². The van der Waals surface area contributed by atoms with E-state index in [9.17, 15) is 10.1 Å². The van der Waals surface area contributed by atoms with Crippen LogP contribution in [0.15, 0.2) is 18.2 Å². The Morgan fingerprint density at radius 2 is 1.90 bits per heavy atom. The second kappa shape index (κ2) is 6.43. The van der Waals surface area contributed by atoms with Gasteiger partial charge in [-0.3, -0.25) is 15.0 Å². The molecule has 2 rings (SSSR count). The summed E-state index contributed by atoms with van der Waals surface area (Å²) in [7, 11) is 0. The SMILES string of the molecule is CCC1(CC)CCN(Cc2ccc([N+](=O)[O-])c(N)c2)CC1. The maximum Gasteiger partial charge on any atom is 0.292 e. The topological polar surface area (TPSA) is 72.4 Å². The van der Waals surface area contributed by atoms with Crippen molar-refractivity contribution >= 4 is 11.4 Å². The van der Waals surface area contributed by atoms with Gasteiger partial charge in [0.15, 0.2) is 0 Å². The molecule has 5 nitrogen and oxygen atoms in total. The first-order valence-corrected chi connectivity index (χ1v) is 7.75. The molecule has 0 saturated carbocycles. The summed E-state index contributed by atoms with van der Waals surface area (Å²) in [4.78, 5) is 12.8. The first-order valence-electron chi connectivity index (χ1n) is 7.75. The van der Waals surface area contributed by atoms with E-state index in [1.807, 2.05) is 6.07 Å². The monoisotopic (exact) mass is 291 g/mol. The van der Waals surface area contributed by atoms with Crippen molar-refractivity contribution in [2.75, 3.05) is 18.8 Å². The molecule has 1 aliphatic rings. The Morgan fingerprint density at radius 3 is 2.38 bits per heavy atom. The van der Waals surface area contributed by atoms with Crippen molar-refractivity contribution in [3.63, 3.8) is 0 Å². The number of rotatable bonds is 5. The van der Waals surface area contributed by atoms with Gasteiger partial charge in [-0.25, -0.2) is 0 Å². The molecule has 116 valence electrons. The van der Waals surface area contributed by atoms with Crippen LogP contribution < -0.4 is 5.73 Å². The number of piperidine rings is 1. The molecular formula is C16H25N3O2. The normalized spacial score (nSPS) is 18.6. The predicted octanol–water partition coefficient (Wildman–Crippen LogP) is 3.58. The van der Waals surface area contributed by atoms with Crippen LogP contribution in [0.4, 0.5) is 11.4 Å². The molecule has 1 aromatic rings. The summed E-state index contributed by atoms with van der Waals surface area (Å²) >= 11 is 0. The number of nitro groups is 1. The number of benzene rings is 1. The van der Waals surface area contributed by atoms with Crippen molar-refractivity contribution in [1.29, 1.82) is 0 Å². The zero-order valence-electron chi connectivity index (χ0n) is 13.0. The molecule has 0 unspecified atom stereocenters. The zero-order chi connectivity index (χ0) is 15.5. The number of nitrogens with zero attached hydrogens (tertiary/aromatic N) is 2. The van der Waals surface area contributed by atoms with E-state index in [2.05, 4.69) is 18.7 Å². The first kappa shape index (κ1) is 15.8. The van der Waals surface area contributed by atoms with E-state index in [4.69, 9.17) is 5.73 Å². The third-order valence-electron chi connectivity index (χ3n) is 5.11. The molecule has 1 fully saturated rings. The minimum absolute atomic E-state index is 0.00613. The van der Waals surface area contributed by atoms with Gasteiger partial charge in [0.25, 0.3) is 5.69 Å². The maximum atomic E-state index is 10.8. The number of hydrogen-bond donors (Lipinski definition) is 1. The van der Waals surface area contributed by atoms with Gasteiger partial charge in [0, 0.05) is 12.6 Å². The molecule has 0 amide bonds. The van der Waals surface area contributed by atoms with E-state index in [0.29, 0.717) is 5.41 Å². The van der Waals surface area contributed by atoms with Crippen molar-refractivity contribution < 1.29 is 4.92 Å². The summed E-state index contributed by atoms with van der Waals surface area (Å²) in [6.45, 7) is 7.59. The molecule has 0 aliphatic carbocycles. The number of hydrogen-bond acceptors (Lipinski definition) is 4. The van der Waals surface area contributed by atoms with Crippen molar-refractivity contribution in [2.45, 2.75) is 46.1 Å². The molecule has 0 radical (unpaired) electrons. The number of anilines is 1. The molecule has 0 spiro atoms. The summed E-state index contributed by atoms with van der Waals surface area (Å²) in [5.41, 5.74) is 7.58. The molecule has 1 aromatic carbocycles. The minimum atomic E-state index is -0.434. The molecule has 0 aromatic heterocycles. The van der Waals surface area contributed by atoms with Crippen molar-refractivity contribution in [3.05, 3.63) is 33.9 Å². The third kappa shape index (κ3) is 3.53. The fourth-order valence-electron chi connectivity index (χ4n) is 3.27. The molecule has 1 aliphatic heterocycles. The van der Waals surface area contributed by atoms with E-state index >= 15 is 0 Å². The Morgan fingerprint density at radius 1 is 1.29 bits per heavy atom. The highest BCUT2D eigenvalue weighted by atomic mass is 16.6. The van der Waals surface area contributed by atoms with Crippen molar-refractivity contribution in [3.8, 4) is 0 Å². The molecule has 2 N–H and O–H groups in total. The predicted molar refractivity (Wildman–Crippen MR) is 85.0 cm³/mol. The van der Waals surface area contributed by atoms with Crippen LogP contribution in [0.2, 0.25) is 0 Å². The Labute approximate surface area is 126 Å². The van der Waals surface area contributed by atoms with Gasteiger partial charge in [-0.05, 0) is 43.0 Å². The lowest BCUT2D eigenvalue weighted by Gasteiger charge is -2.41. The highest BCUT2D eigenvalue weighted by Crippen LogP contribution is 2.38. The second-order valence-electron chi connectivity index (χ2n) is 6.13. The number of likely N-dealkylation sites (tertiary alicyclic amines) is 1. The molecule has 1 saturated heterocycles. The average Bonchev–Trinajstić information content (AvgIpc) is 2.48. The number of nitrogen functional groups attached to an aromatic ring is 1. The summed E-state index contributed by atoms with van der Waals surface area (Å²) in [6.07, 6.45) is 4.98. The molecule has 21 heavy (non-hydrogen) atoms. The Balaban J connectivity index is 1.98. The van der Waals surface area contributed by atoms with Crippen LogP contribution in [0.1, 0.15) is 45.1 Å². The standard InChI is InChI=1S/C16H25N3O2/c1-3-16(4-2)7-9-18(10-8-16)12-13-5-6-15(19(20)21)14(17)11-13/h5-6,11H,3-4,7-10,12,17H2,1-2H3. The van der Waals surface area contributed by atoms with Gasteiger partial charge in [0.2, 0.25) is 0 Å². The molecule has 1 heterocycles. The van der Waals surface area contributed by atoms with Gasteiger partial charge >= 0.3 is 0 Å². The summed E-state index contributed by atoms with van der Waals surface area (Å²) in [5, 5.41) is 10.8. The molecular weight excluding hydrogens is 266 g/mol. The maximum absolute atomic E-state index is 10.8. The van der Waals surface area contributed by atoms with Crippen LogP contribution in [0.25, 0.3) is 0 Å². The number of nitro benzene ring substituents is 1. The van der Waals surface area contributed by atoms with E-state index in [0.717, 1.165) is 25.2 Å². The fourth-order valence-corrected chi connectivity index (χ4v) is 3.27. The van der Waals surface area contributed by atoms with E-state index in [-0.39, 0.29) is 11.4 Å². The van der Waals surface area contributed by atoms with Gasteiger partial charge in [-0.15, -0.1) is 0 Å². The quantitative estimate of drug-likeness (QED) is 0.511. The van der Waals surface area contributed by atoms with Crippen LogP contribution in [0.5, 0.6) is 0 Å². The third-order valence-corrected chi connectivity index (χ3v) is 5.11. The van der Waals surface area contributed by atoms with Crippen molar-refractivity contribution in [2.24, 2.45) is 5.41 Å². The van der Waals surface area contributed by atoms with Gasteiger partial charge in [-0.2, -0.15) is 0 Å². The fraction of sp³-hybridized carbons (Fsp3) is 0.625. The smallest absolute Gasteiger partial charge is 0.292 e. The van der Waals surface area contributed by atoms with Gasteiger partial charge in [0.05, 0.1) is 4.92 Å². The Bertz CT molecular complexity index is 502. The van der Waals surface area contributed by atoms with E-state index in [1.165, 1.54) is 31.7 Å². The average molecular weight is 291 g/mol. The van der Waals surface area contributed by atoms with Crippen LogP contribution in [0.3, 0.4) is 0 Å². The lowest BCUT2D eigenvalue weighted by Crippen LogP contribution is -2.39. The van der Waals surface area contributed by atoms with Crippen molar-refractivity contribution in [1.82, 2.24) is 4.90 Å². The van der Waals surface area contributed by atoms with Gasteiger partial charge in [-0.1, -0.05) is 32.8 Å². The Kier molecular flexibility index (Phi) is 4.83. The van der Waals surface area contributed by atoms with Crippen LogP contribution >= 0.6 is 0 Å². The number of nitrogens with two attached hydrogens (primary N) is 1. The van der Waals surface area contributed by atoms with Crippen LogP contribution in [-0.2, 0) is 6.54 Å². The molecule has 0 atom stereocenters. The zero-order valence-corrected chi connectivity index (χ0v) is 13.0. The summed E-state index contributed by atoms with van der Waals surface area (Å²) in [5.74, 6) is 0. The lowest BCUT2D eigenvalue weighted by atomic mass is 9.74. The molecule has 0 bridgehead atoms. The van der Waals surface area contributed by atoms with Crippen LogP contribution in [0, 0.1) is 15.5 Å². The minimum Gasteiger partial charge on any atom is -0.393 e. The van der Waals surface area contributed by atoms with E-state index in [1.54, 1.807) is 6.07 Å². The van der Waals surface area contributed by atoms with E-state index < -0.39 is 4.92 Å². The van der Waals surface area contributed by atoms with Gasteiger partial charge in [0.1, 0.15) is 5.69 Å². The highest BCUT2D eigenvalue weighted by molar-refractivity contribution is 5.59. The van der Waals surface area contributed by atoms with Gasteiger partial charge < -0.3 is 5.73 Å². The Hall–Kier alpha value is -1.62. The largest absolute Gasteiger partial charge is 0.393 e. The lowest BCUT2D eigenvalue weighted by molar-refractivity contribution is -0.383. The first-order chi connectivity index (χ1) is 9.99. The molecule has 5 heteroatoms. The summed E-state index contributed by atoms with van der Waals surface area (Å²) in [6, 6.07) is 5.06. The second-order valence-corrected chi connectivity index (χ2v) is 6.13. The highest BCUT2D eigenvalue weighted by Gasteiger charge is 2.31. The summed E-state index contributed by atoms with van der Waals surface area (Å²) < 4.78 is 0.